The number of carbonyl (C=O) groups excluding carboxylic acids is 2. The zero-order valence-electron chi connectivity index (χ0n) is 15.2. The number of amides is 2. The fourth-order valence-corrected chi connectivity index (χ4v) is 4.56. The summed E-state index contributed by atoms with van der Waals surface area (Å²) in [6.45, 7) is 2.81. The molecule has 7 heteroatoms. The molecule has 27 heavy (non-hydrogen) atoms. The van der Waals surface area contributed by atoms with E-state index < -0.39 is 5.92 Å². The van der Waals surface area contributed by atoms with Gasteiger partial charge in [0, 0.05) is 24.9 Å². The molecule has 0 spiro atoms. The van der Waals surface area contributed by atoms with E-state index in [-0.39, 0.29) is 35.8 Å². The molecule has 1 aromatic carbocycles. The number of likely N-dealkylation sites (tertiary alicyclic amines) is 1. The summed E-state index contributed by atoms with van der Waals surface area (Å²) >= 11 is 1.20. The topological polar surface area (TPSA) is 73.2 Å². The van der Waals surface area contributed by atoms with Crippen molar-refractivity contribution >= 4 is 23.6 Å². The molecule has 142 valence electrons. The Morgan fingerprint density at radius 3 is 2.78 bits per heavy atom. The quantitative estimate of drug-likeness (QED) is 0.860. The molecule has 2 aliphatic heterocycles. The SMILES string of the molecule is C[C@@H]1CCCCN1C(=O)CSC1=C(C#N)[C@H](c2ccc(F)cc2)CC(=O)N1. The summed E-state index contributed by atoms with van der Waals surface area (Å²) in [4.78, 5) is 26.6. The third-order valence-corrected chi connectivity index (χ3v) is 6.09. The minimum Gasteiger partial charge on any atom is -0.339 e. The van der Waals surface area contributed by atoms with Crippen molar-refractivity contribution in [1.82, 2.24) is 10.2 Å². The zero-order chi connectivity index (χ0) is 19.4. The molecule has 1 saturated heterocycles. The molecule has 5 nitrogen and oxygen atoms in total. The van der Waals surface area contributed by atoms with Crippen LogP contribution in [0.1, 0.15) is 44.1 Å². The van der Waals surface area contributed by atoms with Crippen LogP contribution in [0.2, 0.25) is 0 Å². The van der Waals surface area contributed by atoms with Crippen LogP contribution in [0, 0.1) is 17.1 Å². The molecule has 0 radical (unpaired) electrons. The van der Waals surface area contributed by atoms with Crippen LogP contribution in [0.4, 0.5) is 4.39 Å². The van der Waals surface area contributed by atoms with Gasteiger partial charge >= 0.3 is 0 Å². The second kappa shape index (κ2) is 8.57. The molecule has 1 aromatic rings. The summed E-state index contributed by atoms with van der Waals surface area (Å²) < 4.78 is 13.2. The van der Waals surface area contributed by atoms with E-state index in [1.54, 1.807) is 12.1 Å². The first-order valence-corrected chi connectivity index (χ1v) is 10.1. The zero-order valence-corrected chi connectivity index (χ0v) is 16.0. The Kier molecular flexibility index (Phi) is 6.17. The number of benzene rings is 1. The van der Waals surface area contributed by atoms with Crippen LogP contribution in [0.25, 0.3) is 0 Å². The summed E-state index contributed by atoms with van der Waals surface area (Å²) in [6, 6.07) is 8.24. The largest absolute Gasteiger partial charge is 0.339 e. The van der Waals surface area contributed by atoms with Crippen LogP contribution in [0.15, 0.2) is 34.9 Å². The van der Waals surface area contributed by atoms with E-state index in [4.69, 9.17) is 0 Å². The van der Waals surface area contributed by atoms with Crippen LogP contribution in [-0.4, -0.2) is 35.1 Å². The van der Waals surface area contributed by atoms with Gasteiger partial charge in [0.25, 0.3) is 0 Å². The Bertz CT molecular complexity index is 800. The monoisotopic (exact) mass is 387 g/mol. The minimum absolute atomic E-state index is 0.0233. The molecule has 0 aliphatic carbocycles. The number of nitriles is 1. The Morgan fingerprint density at radius 1 is 1.37 bits per heavy atom. The number of hydrogen-bond donors (Lipinski definition) is 1. The molecule has 2 heterocycles. The van der Waals surface area contributed by atoms with Crippen molar-refractivity contribution in [3.63, 3.8) is 0 Å². The fourth-order valence-electron chi connectivity index (χ4n) is 3.60. The van der Waals surface area contributed by atoms with E-state index in [1.165, 1.54) is 23.9 Å². The van der Waals surface area contributed by atoms with Gasteiger partial charge in [-0.05, 0) is 43.9 Å². The lowest BCUT2D eigenvalue weighted by Gasteiger charge is -2.33. The lowest BCUT2D eigenvalue weighted by Crippen LogP contribution is -2.43. The van der Waals surface area contributed by atoms with Gasteiger partial charge in [-0.25, -0.2) is 4.39 Å². The number of nitrogens with zero attached hydrogens (tertiary/aromatic N) is 2. The van der Waals surface area contributed by atoms with Gasteiger partial charge < -0.3 is 10.2 Å². The molecule has 3 rings (SSSR count). The highest BCUT2D eigenvalue weighted by Crippen LogP contribution is 2.36. The number of thioether (sulfide) groups is 1. The van der Waals surface area contributed by atoms with E-state index >= 15 is 0 Å². The van der Waals surface area contributed by atoms with Gasteiger partial charge in [0.2, 0.25) is 11.8 Å². The maximum absolute atomic E-state index is 13.2. The van der Waals surface area contributed by atoms with Crippen molar-refractivity contribution in [1.29, 1.82) is 5.26 Å². The Balaban J connectivity index is 1.77. The van der Waals surface area contributed by atoms with Gasteiger partial charge in [-0.15, -0.1) is 0 Å². The molecular weight excluding hydrogens is 365 g/mol. The summed E-state index contributed by atoms with van der Waals surface area (Å²) in [6.07, 6.45) is 3.29. The third kappa shape index (κ3) is 4.51. The molecule has 1 N–H and O–H groups in total. The fraction of sp³-hybridized carbons (Fsp3) is 0.450. The second-order valence-electron chi connectivity index (χ2n) is 6.93. The number of halogens is 1. The normalized spacial score (nSPS) is 23.0. The van der Waals surface area contributed by atoms with Gasteiger partial charge in [0.05, 0.1) is 22.4 Å². The van der Waals surface area contributed by atoms with Gasteiger partial charge in [-0.2, -0.15) is 5.26 Å². The highest BCUT2D eigenvalue weighted by Gasteiger charge is 2.31. The summed E-state index contributed by atoms with van der Waals surface area (Å²) in [5.41, 5.74) is 1.14. The van der Waals surface area contributed by atoms with Crippen molar-refractivity contribution in [3.05, 3.63) is 46.2 Å². The van der Waals surface area contributed by atoms with E-state index in [0.717, 1.165) is 31.4 Å². The first-order valence-electron chi connectivity index (χ1n) is 9.11. The first-order chi connectivity index (χ1) is 13.0. The number of piperidine rings is 1. The minimum atomic E-state index is -0.420. The molecule has 2 atom stereocenters. The summed E-state index contributed by atoms with van der Waals surface area (Å²) in [7, 11) is 0. The predicted octanol–water partition coefficient (Wildman–Crippen LogP) is 3.30. The first kappa shape index (κ1) is 19.4. The highest BCUT2D eigenvalue weighted by atomic mass is 32.2. The number of hydrogen-bond acceptors (Lipinski definition) is 4. The van der Waals surface area contributed by atoms with Crippen molar-refractivity contribution < 1.29 is 14.0 Å². The number of rotatable bonds is 4. The molecule has 0 aromatic heterocycles. The number of carbonyl (C=O) groups is 2. The number of allylic oxidation sites excluding steroid dienone is 1. The second-order valence-corrected chi connectivity index (χ2v) is 7.92. The van der Waals surface area contributed by atoms with Crippen molar-refractivity contribution in [3.8, 4) is 6.07 Å². The molecule has 0 bridgehead atoms. The van der Waals surface area contributed by atoms with Gasteiger partial charge in [-0.3, -0.25) is 9.59 Å². The Morgan fingerprint density at radius 2 is 2.11 bits per heavy atom. The number of nitrogens with one attached hydrogen (secondary N) is 1. The molecule has 2 aliphatic rings. The Labute approximate surface area is 162 Å². The molecule has 0 unspecified atom stereocenters. The van der Waals surface area contributed by atoms with Crippen LogP contribution in [-0.2, 0) is 9.59 Å². The summed E-state index contributed by atoms with van der Waals surface area (Å²) in [5, 5.41) is 12.8. The molecular formula is C20H22FN3O2S. The molecule has 0 saturated carbocycles. The average molecular weight is 387 g/mol. The highest BCUT2D eigenvalue weighted by molar-refractivity contribution is 8.03. The van der Waals surface area contributed by atoms with Crippen molar-refractivity contribution in [2.75, 3.05) is 12.3 Å². The van der Waals surface area contributed by atoms with E-state index in [9.17, 15) is 19.2 Å². The van der Waals surface area contributed by atoms with Gasteiger partial charge in [-0.1, -0.05) is 23.9 Å². The molecule has 2 amide bonds. The van der Waals surface area contributed by atoms with E-state index in [1.807, 2.05) is 4.90 Å². The van der Waals surface area contributed by atoms with Crippen LogP contribution in [0.3, 0.4) is 0 Å². The lowest BCUT2D eigenvalue weighted by molar-refractivity contribution is -0.131. The molecule has 1 fully saturated rings. The van der Waals surface area contributed by atoms with E-state index in [2.05, 4.69) is 18.3 Å². The lowest BCUT2D eigenvalue weighted by atomic mass is 9.87. The predicted molar refractivity (Wildman–Crippen MR) is 102 cm³/mol. The van der Waals surface area contributed by atoms with Crippen molar-refractivity contribution in [2.45, 2.75) is 44.6 Å². The maximum Gasteiger partial charge on any atom is 0.233 e. The van der Waals surface area contributed by atoms with Crippen molar-refractivity contribution in [2.24, 2.45) is 0 Å². The van der Waals surface area contributed by atoms with Crippen LogP contribution < -0.4 is 5.32 Å². The third-order valence-electron chi connectivity index (χ3n) is 5.09. The summed E-state index contributed by atoms with van der Waals surface area (Å²) in [5.74, 6) is -0.783. The maximum atomic E-state index is 13.2. The van der Waals surface area contributed by atoms with Crippen LogP contribution in [0.5, 0.6) is 0 Å². The standard InChI is InChI=1S/C20H22FN3O2S/c1-13-4-2-3-9-24(13)19(26)12-27-20-17(11-22)16(10-18(25)23-20)14-5-7-15(21)8-6-14/h5-8,13,16H,2-4,9-10,12H2,1H3,(H,23,25)/t13-,16+/m1/s1. The Hall–Kier alpha value is -2.33. The van der Waals surface area contributed by atoms with Gasteiger partial charge in [0.1, 0.15) is 5.82 Å². The van der Waals surface area contributed by atoms with Gasteiger partial charge in [0.15, 0.2) is 0 Å². The smallest absolute Gasteiger partial charge is 0.233 e. The van der Waals surface area contributed by atoms with E-state index in [0.29, 0.717) is 10.6 Å². The average Bonchev–Trinajstić information content (AvgIpc) is 2.66. The van der Waals surface area contributed by atoms with Crippen LogP contribution >= 0.6 is 11.8 Å².